The monoisotopic (exact) mass is 428 g/mol. The van der Waals surface area contributed by atoms with Crippen LogP contribution in [0.1, 0.15) is 34.3 Å². The first kappa shape index (κ1) is 21.6. The number of hydrogen-bond acceptors (Lipinski definition) is 5. The second kappa shape index (κ2) is 10.1. The number of para-hydroxylation sites is 1. The minimum Gasteiger partial charge on any atom is -0.376 e. The van der Waals surface area contributed by atoms with Crippen molar-refractivity contribution in [3.63, 3.8) is 0 Å². The van der Waals surface area contributed by atoms with Crippen molar-refractivity contribution in [2.45, 2.75) is 31.8 Å². The molecule has 164 valence electrons. The fraction of sp³-hybridized carbons (Fsp3) is 0.231. The molecule has 32 heavy (non-hydrogen) atoms. The third kappa shape index (κ3) is 4.98. The van der Waals surface area contributed by atoms with Gasteiger partial charge in [-0.3, -0.25) is 20.0 Å². The molecule has 1 unspecified atom stereocenters. The molecule has 0 aliphatic carbocycles. The summed E-state index contributed by atoms with van der Waals surface area (Å²) in [6.45, 7) is 0.568. The van der Waals surface area contributed by atoms with Crippen LogP contribution in [-0.2, 0) is 17.8 Å². The molecule has 0 saturated carbocycles. The molecular formula is C26H28N4O2. The number of Topliss-reactive ketones (excluding diaryl/α,β-unsaturated/α-hetero) is 1. The van der Waals surface area contributed by atoms with Crippen molar-refractivity contribution in [3.05, 3.63) is 95.6 Å². The van der Waals surface area contributed by atoms with Gasteiger partial charge in [0.1, 0.15) is 6.04 Å². The number of nitrogens with two attached hydrogens (primary N) is 1. The number of ketones is 1. The summed E-state index contributed by atoms with van der Waals surface area (Å²) < 4.78 is 0. The Hall–Kier alpha value is -3.64. The molecule has 6 nitrogen and oxygen atoms in total. The molecule has 1 amide bonds. The van der Waals surface area contributed by atoms with Gasteiger partial charge in [0.15, 0.2) is 5.78 Å². The Morgan fingerprint density at radius 2 is 1.66 bits per heavy atom. The first-order valence-electron chi connectivity index (χ1n) is 10.9. The Morgan fingerprint density at radius 1 is 0.938 bits per heavy atom. The first-order chi connectivity index (χ1) is 15.7. The average Bonchev–Trinajstić information content (AvgIpc) is 3.02. The van der Waals surface area contributed by atoms with E-state index in [1.807, 2.05) is 72.8 Å². The van der Waals surface area contributed by atoms with Crippen molar-refractivity contribution < 1.29 is 9.59 Å². The van der Waals surface area contributed by atoms with Crippen LogP contribution in [0.3, 0.4) is 0 Å². The highest BCUT2D eigenvalue weighted by molar-refractivity contribution is 6.02. The first-order valence-corrected chi connectivity index (χ1v) is 10.9. The topological polar surface area (TPSA) is 87.5 Å². The van der Waals surface area contributed by atoms with Crippen LogP contribution in [0.25, 0.3) is 0 Å². The predicted octanol–water partition coefficient (Wildman–Crippen LogP) is 3.68. The molecule has 0 fully saturated rings. The fourth-order valence-electron chi connectivity index (χ4n) is 4.04. The van der Waals surface area contributed by atoms with Gasteiger partial charge >= 0.3 is 0 Å². The molecule has 3 aromatic rings. The van der Waals surface area contributed by atoms with E-state index >= 15 is 0 Å². The van der Waals surface area contributed by atoms with Crippen LogP contribution in [0.4, 0.5) is 11.4 Å². The highest BCUT2D eigenvalue weighted by Crippen LogP contribution is 2.29. The summed E-state index contributed by atoms with van der Waals surface area (Å²) in [5.41, 5.74) is 13.2. The van der Waals surface area contributed by atoms with Gasteiger partial charge in [0.05, 0.1) is 12.2 Å². The van der Waals surface area contributed by atoms with Gasteiger partial charge in [-0.1, -0.05) is 60.7 Å². The zero-order valence-corrected chi connectivity index (χ0v) is 18.0. The van der Waals surface area contributed by atoms with Crippen LogP contribution in [0.15, 0.2) is 78.9 Å². The Balaban J connectivity index is 1.53. The lowest BCUT2D eigenvalue weighted by molar-refractivity contribution is -0.119. The smallest absolute Gasteiger partial charge is 0.257 e. The van der Waals surface area contributed by atoms with Crippen molar-refractivity contribution in [1.29, 1.82) is 0 Å². The lowest BCUT2D eigenvalue weighted by Crippen LogP contribution is -2.53. The number of amides is 1. The van der Waals surface area contributed by atoms with Gasteiger partial charge in [0.2, 0.25) is 0 Å². The van der Waals surface area contributed by atoms with Crippen LogP contribution in [-0.4, -0.2) is 24.3 Å². The molecule has 0 aromatic heterocycles. The van der Waals surface area contributed by atoms with Crippen molar-refractivity contribution in [3.8, 4) is 0 Å². The molecule has 1 aliphatic heterocycles. The summed E-state index contributed by atoms with van der Waals surface area (Å²) >= 11 is 0. The molecule has 0 radical (unpaired) electrons. The van der Waals surface area contributed by atoms with Crippen LogP contribution in [0.5, 0.6) is 0 Å². The third-order valence-corrected chi connectivity index (χ3v) is 5.74. The van der Waals surface area contributed by atoms with Crippen molar-refractivity contribution >= 4 is 23.1 Å². The molecule has 1 atom stereocenters. The summed E-state index contributed by atoms with van der Waals surface area (Å²) in [5.74, 6) is -0.205. The second-order valence-electron chi connectivity index (χ2n) is 7.93. The molecule has 3 aromatic carbocycles. The summed E-state index contributed by atoms with van der Waals surface area (Å²) in [6.07, 6.45) is 2.40. The van der Waals surface area contributed by atoms with E-state index in [0.29, 0.717) is 18.5 Å². The molecule has 6 heteroatoms. The van der Waals surface area contributed by atoms with Gasteiger partial charge in [0.25, 0.3) is 5.91 Å². The van der Waals surface area contributed by atoms with E-state index in [4.69, 9.17) is 5.73 Å². The zero-order chi connectivity index (χ0) is 22.3. The molecule has 0 saturated heterocycles. The summed E-state index contributed by atoms with van der Waals surface area (Å²) in [5, 5.41) is 4.90. The molecule has 0 bridgehead atoms. The van der Waals surface area contributed by atoms with E-state index in [9.17, 15) is 9.59 Å². The number of hydrazine groups is 1. The summed E-state index contributed by atoms with van der Waals surface area (Å²) in [7, 11) is 0. The Kier molecular flexibility index (Phi) is 6.82. The quantitative estimate of drug-likeness (QED) is 0.500. The highest BCUT2D eigenvalue weighted by Gasteiger charge is 2.31. The van der Waals surface area contributed by atoms with Crippen molar-refractivity contribution in [2.24, 2.45) is 5.73 Å². The van der Waals surface area contributed by atoms with Gasteiger partial charge in [-0.25, -0.2) is 0 Å². The summed E-state index contributed by atoms with van der Waals surface area (Å²) in [6, 6.07) is 24.4. The lowest BCUT2D eigenvalue weighted by atomic mass is 9.99. The minimum atomic E-state index is -0.464. The Labute approximate surface area is 188 Å². The van der Waals surface area contributed by atoms with Crippen LogP contribution < -0.4 is 21.5 Å². The van der Waals surface area contributed by atoms with Crippen molar-refractivity contribution in [1.82, 2.24) is 5.43 Å². The largest absolute Gasteiger partial charge is 0.376 e. The van der Waals surface area contributed by atoms with Gasteiger partial charge in [0, 0.05) is 17.8 Å². The maximum absolute atomic E-state index is 13.4. The van der Waals surface area contributed by atoms with Gasteiger partial charge < -0.3 is 11.1 Å². The fourth-order valence-corrected chi connectivity index (χ4v) is 4.04. The molecule has 0 spiro atoms. The average molecular weight is 429 g/mol. The van der Waals surface area contributed by atoms with E-state index in [1.54, 1.807) is 5.01 Å². The number of rotatable bonds is 7. The molecular weight excluding hydrogens is 400 g/mol. The van der Waals surface area contributed by atoms with Crippen molar-refractivity contribution in [2.75, 3.05) is 16.9 Å². The summed E-state index contributed by atoms with van der Waals surface area (Å²) in [4.78, 5) is 26.3. The number of anilines is 2. The number of nitrogens with zero attached hydrogens (tertiary/aromatic N) is 1. The standard InChI is InChI=1S/C26H28N4O2/c27-17-19-13-15-22(16-14-19)28-18-25(31)29-30-23-11-5-4-7-20(23)10-6-12-24(30)26(32)21-8-2-1-3-9-21/h1-5,7-9,11,13-16,24,28H,6,10,12,17-18,27H2,(H,29,31). The maximum Gasteiger partial charge on any atom is 0.257 e. The van der Waals surface area contributed by atoms with E-state index in [0.717, 1.165) is 35.3 Å². The van der Waals surface area contributed by atoms with E-state index in [1.165, 1.54) is 0 Å². The third-order valence-electron chi connectivity index (χ3n) is 5.74. The predicted molar refractivity (Wildman–Crippen MR) is 127 cm³/mol. The number of nitrogens with one attached hydrogen (secondary N) is 2. The van der Waals surface area contributed by atoms with E-state index in [2.05, 4.69) is 16.8 Å². The lowest BCUT2D eigenvalue weighted by Gasteiger charge is -2.32. The number of aryl methyl sites for hydroxylation is 1. The zero-order valence-electron chi connectivity index (χ0n) is 18.0. The number of carbonyl (C=O) groups excluding carboxylic acids is 2. The van der Waals surface area contributed by atoms with Crippen LogP contribution >= 0.6 is 0 Å². The van der Waals surface area contributed by atoms with Crippen LogP contribution in [0.2, 0.25) is 0 Å². The molecule has 4 N–H and O–H groups in total. The Bertz CT molecular complexity index is 1070. The maximum atomic E-state index is 13.4. The number of carbonyl (C=O) groups is 2. The Morgan fingerprint density at radius 3 is 2.41 bits per heavy atom. The molecule has 4 rings (SSSR count). The number of hydrogen-bond donors (Lipinski definition) is 3. The van der Waals surface area contributed by atoms with E-state index < -0.39 is 6.04 Å². The normalized spacial score (nSPS) is 15.4. The van der Waals surface area contributed by atoms with Gasteiger partial charge in [-0.05, 0) is 48.6 Å². The molecule has 1 heterocycles. The second-order valence-corrected chi connectivity index (χ2v) is 7.93. The van der Waals surface area contributed by atoms with Crippen LogP contribution in [0, 0.1) is 0 Å². The van der Waals surface area contributed by atoms with Gasteiger partial charge in [-0.15, -0.1) is 0 Å². The minimum absolute atomic E-state index is 0.00735. The molecule has 1 aliphatic rings. The number of fused-ring (bicyclic) bond motifs is 1. The number of benzene rings is 3. The SMILES string of the molecule is NCc1ccc(NCC(=O)NN2c3ccccc3CCCC2C(=O)c2ccccc2)cc1. The van der Waals surface area contributed by atoms with E-state index in [-0.39, 0.29) is 18.2 Å². The highest BCUT2D eigenvalue weighted by atomic mass is 16.2. The van der Waals surface area contributed by atoms with Gasteiger partial charge in [-0.2, -0.15) is 0 Å².